The van der Waals surface area contributed by atoms with Crippen LogP contribution in [0.2, 0.25) is 0 Å². The predicted molar refractivity (Wildman–Crippen MR) is 123 cm³/mol. The first kappa shape index (κ1) is 23.2. The zero-order valence-corrected chi connectivity index (χ0v) is 19.4. The van der Waals surface area contributed by atoms with Gasteiger partial charge in [-0.15, -0.1) is 0 Å². The van der Waals surface area contributed by atoms with E-state index in [0.29, 0.717) is 49.2 Å². The van der Waals surface area contributed by atoms with E-state index in [0.717, 1.165) is 12.2 Å². The number of morpholine rings is 1. The van der Waals surface area contributed by atoms with E-state index in [2.05, 4.69) is 31.0 Å². The van der Waals surface area contributed by atoms with Crippen molar-refractivity contribution >= 4 is 27.3 Å². The summed E-state index contributed by atoms with van der Waals surface area (Å²) in [5, 5.41) is 2.86. The van der Waals surface area contributed by atoms with Crippen molar-refractivity contribution in [2.45, 2.75) is 38.6 Å². The average Bonchev–Trinajstić information content (AvgIpc) is 2.76. The summed E-state index contributed by atoms with van der Waals surface area (Å²) in [5.74, 6) is -0.345. The van der Waals surface area contributed by atoms with Gasteiger partial charge in [-0.3, -0.25) is 4.79 Å². The SMILES string of the molecule is CCN(c1ccc(NC(=O)c2ccc(C)c(S(=O)(=O)N3CCOCC3)c2)cc1)C(C)C. The van der Waals surface area contributed by atoms with Gasteiger partial charge < -0.3 is 15.0 Å². The fraction of sp³-hybridized carbons (Fsp3) is 0.435. The quantitative estimate of drug-likeness (QED) is 0.706. The molecular weight excluding hydrogens is 414 g/mol. The van der Waals surface area contributed by atoms with Crippen LogP contribution >= 0.6 is 0 Å². The molecule has 1 amide bonds. The van der Waals surface area contributed by atoms with Crippen molar-refractivity contribution in [3.63, 3.8) is 0 Å². The van der Waals surface area contributed by atoms with Crippen LogP contribution in [0.1, 0.15) is 36.7 Å². The van der Waals surface area contributed by atoms with Crippen molar-refractivity contribution in [3.05, 3.63) is 53.6 Å². The maximum atomic E-state index is 13.1. The highest BCUT2D eigenvalue weighted by molar-refractivity contribution is 7.89. The number of anilines is 2. The summed E-state index contributed by atoms with van der Waals surface area (Å²) in [5.41, 5.74) is 2.66. The average molecular weight is 446 g/mol. The molecule has 1 saturated heterocycles. The lowest BCUT2D eigenvalue weighted by Crippen LogP contribution is -2.40. The minimum Gasteiger partial charge on any atom is -0.379 e. The van der Waals surface area contributed by atoms with E-state index in [-0.39, 0.29) is 10.8 Å². The highest BCUT2D eigenvalue weighted by atomic mass is 32.2. The van der Waals surface area contributed by atoms with E-state index < -0.39 is 10.0 Å². The van der Waals surface area contributed by atoms with Crippen LogP contribution in [0.3, 0.4) is 0 Å². The molecule has 1 N–H and O–H groups in total. The third kappa shape index (κ3) is 5.26. The van der Waals surface area contributed by atoms with E-state index in [9.17, 15) is 13.2 Å². The van der Waals surface area contributed by atoms with Crippen LogP contribution in [-0.4, -0.2) is 57.5 Å². The smallest absolute Gasteiger partial charge is 0.255 e. The standard InChI is InChI=1S/C23H31N3O4S/c1-5-26(17(2)3)21-10-8-20(9-11-21)24-23(27)19-7-6-18(4)22(16-19)31(28,29)25-12-14-30-15-13-25/h6-11,16-17H,5,12-15H2,1-4H3,(H,24,27). The summed E-state index contributed by atoms with van der Waals surface area (Å²) >= 11 is 0. The second-order valence-corrected chi connectivity index (χ2v) is 9.78. The first-order valence-electron chi connectivity index (χ1n) is 10.6. The third-order valence-electron chi connectivity index (χ3n) is 5.46. The summed E-state index contributed by atoms with van der Waals surface area (Å²) in [7, 11) is -3.68. The Kier molecular flexibility index (Phi) is 7.35. The first-order valence-corrected chi connectivity index (χ1v) is 12.0. The molecule has 1 fully saturated rings. The summed E-state index contributed by atoms with van der Waals surface area (Å²) in [6, 6.07) is 12.8. The Morgan fingerprint density at radius 3 is 2.35 bits per heavy atom. The number of ether oxygens (including phenoxy) is 1. The van der Waals surface area contributed by atoms with Crippen LogP contribution < -0.4 is 10.2 Å². The number of carbonyl (C=O) groups excluding carboxylic acids is 1. The van der Waals surface area contributed by atoms with Gasteiger partial charge in [0.05, 0.1) is 18.1 Å². The Morgan fingerprint density at radius 1 is 1.13 bits per heavy atom. The van der Waals surface area contributed by atoms with Gasteiger partial charge in [-0.05, 0) is 69.7 Å². The summed E-state index contributed by atoms with van der Waals surface area (Å²) in [4.78, 5) is 15.2. The molecule has 0 radical (unpaired) electrons. The maximum Gasteiger partial charge on any atom is 0.255 e. The Balaban J connectivity index is 1.79. The van der Waals surface area contributed by atoms with Crippen LogP contribution in [-0.2, 0) is 14.8 Å². The number of benzene rings is 2. The molecule has 0 atom stereocenters. The lowest BCUT2D eigenvalue weighted by atomic mass is 10.1. The molecule has 31 heavy (non-hydrogen) atoms. The lowest BCUT2D eigenvalue weighted by Gasteiger charge is -2.27. The summed E-state index contributed by atoms with van der Waals surface area (Å²) in [6.07, 6.45) is 0. The molecule has 0 spiro atoms. The number of nitrogens with one attached hydrogen (secondary N) is 1. The van der Waals surface area contributed by atoms with E-state index in [1.165, 1.54) is 10.4 Å². The molecule has 2 aromatic carbocycles. The molecule has 0 bridgehead atoms. The van der Waals surface area contributed by atoms with Crippen molar-refractivity contribution in [2.24, 2.45) is 0 Å². The largest absolute Gasteiger partial charge is 0.379 e. The number of nitrogens with zero attached hydrogens (tertiary/aromatic N) is 2. The van der Waals surface area contributed by atoms with Gasteiger partial charge in [-0.1, -0.05) is 6.07 Å². The van der Waals surface area contributed by atoms with Gasteiger partial charge in [-0.25, -0.2) is 8.42 Å². The second kappa shape index (κ2) is 9.80. The summed E-state index contributed by atoms with van der Waals surface area (Å²) in [6.45, 7) is 10.4. The molecule has 168 valence electrons. The van der Waals surface area contributed by atoms with E-state index in [1.54, 1.807) is 19.1 Å². The Bertz CT molecular complexity index is 1010. The molecule has 1 aliphatic rings. The molecule has 3 rings (SSSR count). The lowest BCUT2D eigenvalue weighted by molar-refractivity contribution is 0.0730. The molecule has 2 aromatic rings. The number of carbonyl (C=O) groups is 1. The molecule has 8 heteroatoms. The van der Waals surface area contributed by atoms with Crippen molar-refractivity contribution in [3.8, 4) is 0 Å². The van der Waals surface area contributed by atoms with Crippen molar-refractivity contribution < 1.29 is 17.9 Å². The van der Waals surface area contributed by atoms with Crippen molar-refractivity contribution in [1.29, 1.82) is 0 Å². The van der Waals surface area contributed by atoms with E-state index >= 15 is 0 Å². The van der Waals surface area contributed by atoms with Gasteiger partial charge in [0.1, 0.15) is 0 Å². The number of aryl methyl sites for hydroxylation is 1. The molecular formula is C23H31N3O4S. The molecule has 0 unspecified atom stereocenters. The van der Waals surface area contributed by atoms with Gasteiger partial charge in [0, 0.05) is 42.6 Å². The van der Waals surface area contributed by atoms with Crippen molar-refractivity contribution in [1.82, 2.24) is 4.31 Å². The number of hydrogen-bond donors (Lipinski definition) is 1. The molecule has 1 heterocycles. The molecule has 0 saturated carbocycles. The van der Waals surface area contributed by atoms with Gasteiger partial charge in [0.25, 0.3) is 5.91 Å². The highest BCUT2D eigenvalue weighted by Crippen LogP contribution is 2.24. The molecule has 0 aromatic heterocycles. The van der Waals surface area contributed by atoms with E-state index in [4.69, 9.17) is 4.74 Å². The normalized spacial score (nSPS) is 15.1. The fourth-order valence-electron chi connectivity index (χ4n) is 3.73. The van der Waals surface area contributed by atoms with Crippen LogP contribution in [0.5, 0.6) is 0 Å². The zero-order valence-electron chi connectivity index (χ0n) is 18.6. The Hall–Kier alpha value is -2.42. The number of sulfonamides is 1. The van der Waals surface area contributed by atoms with Crippen LogP contribution in [0, 0.1) is 6.92 Å². The number of rotatable bonds is 7. The van der Waals surface area contributed by atoms with Crippen LogP contribution in [0.4, 0.5) is 11.4 Å². The topological polar surface area (TPSA) is 79.0 Å². The monoisotopic (exact) mass is 445 g/mol. The van der Waals surface area contributed by atoms with Crippen LogP contribution in [0.15, 0.2) is 47.4 Å². The molecule has 0 aliphatic carbocycles. The maximum absolute atomic E-state index is 13.1. The van der Waals surface area contributed by atoms with Crippen molar-refractivity contribution in [2.75, 3.05) is 43.1 Å². The molecule has 7 nitrogen and oxygen atoms in total. The minimum atomic E-state index is -3.68. The minimum absolute atomic E-state index is 0.160. The Morgan fingerprint density at radius 2 is 1.77 bits per heavy atom. The predicted octanol–water partition coefficient (Wildman–Crippen LogP) is 3.50. The second-order valence-electron chi connectivity index (χ2n) is 7.88. The number of hydrogen-bond acceptors (Lipinski definition) is 5. The number of amides is 1. The zero-order chi connectivity index (χ0) is 22.6. The van der Waals surface area contributed by atoms with E-state index in [1.807, 2.05) is 24.3 Å². The van der Waals surface area contributed by atoms with Gasteiger partial charge in [-0.2, -0.15) is 4.31 Å². The molecule has 1 aliphatic heterocycles. The van der Waals surface area contributed by atoms with Crippen LogP contribution in [0.25, 0.3) is 0 Å². The van der Waals surface area contributed by atoms with Gasteiger partial charge in [0.2, 0.25) is 10.0 Å². The fourth-order valence-corrected chi connectivity index (χ4v) is 5.39. The summed E-state index contributed by atoms with van der Waals surface area (Å²) < 4.78 is 32.8. The van der Waals surface area contributed by atoms with Gasteiger partial charge >= 0.3 is 0 Å². The first-order chi connectivity index (χ1) is 14.7. The van der Waals surface area contributed by atoms with Gasteiger partial charge in [0.15, 0.2) is 0 Å². The Labute approximate surface area is 185 Å². The third-order valence-corrected chi connectivity index (χ3v) is 7.50. The highest BCUT2D eigenvalue weighted by Gasteiger charge is 2.28.